The highest BCUT2D eigenvalue weighted by molar-refractivity contribution is 5.87. The summed E-state index contributed by atoms with van der Waals surface area (Å²) in [6, 6.07) is 7.05. The lowest BCUT2D eigenvalue weighted by atomic mass is 10.2. The molecule has 14 heavy (non-hydrogen) atoms. The number of carbonyl (C=O) groups is 1. The summed E-state index contributed by atoms with van der Waals surface area (Å²) in [4.78, 5) is 10.6. The van der Waals surface area contributed by atoms with E-state index in [0.29, 0.717) is 0 Å². The molecule has 0 fully saturated rings. The number of benzene rings is 1. The van der Waals surface area contributed by atoms with Crippen LogP contribution in [0.3, 0.4) is 0 Å². The van der Waals surface area contributed by atoms with Gasteiger partial charge in [-0.1, -0.05) is 19.1 Å². The second-order valence-corrected chi connectivity index (χ2v) is 2.97. The molecule has 0 aromatic heterocycles. The van der Waals surface area contributed by atoms with Gasteiger partial charge in [-0.2, -0.15) is 0 Å². The molecular weight excluding hydrogens is 178 g/mol. The second-order valence-electron chi connectivity index (χ2n) is 2.97. The van der Waals surface area contributed by atoms with Crippen molar-refractivity contribution in [2.45, 2.75) is 13.5 Å². The molecule has 0 bridgehead atoms. The van der Waals surface area contributed by atoms with Crippen molar-refractivity contribution in [2.24, 2.45) is 5.73 Å². The van der Waals surface area contributed by atoms with Crippen molar-refractivity contribution >= 4 is 11.7 Å². The van der Waals surface area contributed by atoms with Gasteiger partial charge in [0.1, 0.15) is 0 Å². The first-order valence-electron chi connectivity index (χ1n) is 4.58. The fourth-order valence-corrected chi connectivity index (χ4v) is 1.17. The van der Waals surface area contributed by atoms with Gasteiger partial charge in [0.2, 0.25) is 0 Å². The first kappa shape index (κ1) is 10.5. The van der Waals surface area contributed by atoms with Crippen LogP contribution in [0.5, 0.6) is 0 Å². The molecule has 0 saturated heterocycles. The number of urea groups is 1. The van der Waals surface area contributed by atoms with Crippen molar-refractivity contribution in [3.8, 4) is 0 Å². The Labute approximate surface area is 83.5 Å². The molecule has 76 valence electrons. The van der Waals surface area contributed by atoms with Crippen LogP contribution < -0.4 is 16.4 Å². The summed E-state index contributed by atoms with van der Waals surface area (Å²) >= 11 is 0. The first-order chi connectivity index (χ1) is 6.72. The van der Waals surface area contributed by atoms with Crippen LogP contribution in [-0.2, 0) is 6.54 Å². The quantitative estimate of drug-likeness (QED) is 0.674. The van der Waals surface area contributed by atoms with E-state index in [1.54, 1.807) is 6.07 Å². The monoisotopic (exact) mass is 193 g/mol. The number of nitrogens with two attached hydrogens (primary N) is 1. The summed E-state index contributed by atoms with van der Waals surface area (Å²) in [5, 5.41) is 5.73. The fraction of sp³-hybridized carbons (Fsp3) is 0.300. The summed E-state index contributed by atoms with van der Waals surface area (Å²) in [6.45, 7) is 3.77. The number of anilines is 1. The van der Waals surface area contributed by atoms with E-state index in [4.69, 9.17) is 5.73 Å². The Hall–Kier alpha value is -1.55. The van der Waals surface area contributed by atoms with Crippen LogP contribution in [-0.4, -0.2) is 12.6 Å². The van der Waals surface area contributed by atoms with Crippen molar-refractivity contribution < 1.29 is 4.79 Å². The van der Waals surface area contributed by atoms with Gasteiger partial charge in [-0.3, -0.25) is 0 Å². The molecule has 4 nitrogen and oxygen atoms in total. The minimum Gasteiger partial charge on any atom is -0.351 e. The van der Waals surface area contributed by atoms with E-state index in [1.807, 2.05) is 25.1 Å². The van der Waals surface area contributed by atoms with Crippen molar-refractivity contribution in [1.29, 1.82) is 0 Å². The van der Waals surface area contributed by atoms with Crippen LogP contribution in [0.2, 0.25) is 0 Å². The average Bonchev–Trinajstić information content (AvgIpc) is 2.14. The predicted molar refractivity (Wildman–Crippen MR) is 57.0 cm³/mol. The van der Waals surface area contributed by atoms with Crippen molar-refractivity contribution in [3.63, 3.8) is 0 Å². The van der Waals surface area contributed by atoms with Gasteiger partial charge in [0.05, 0.1) is 0 Å². The van der Waals surface area contributed by atoms with Gasteiger partial charge >= 0.3 is 6.03 Å². The SMILES string of the molecule is CCNCc1cccc(NC(N)=O)c1. The summed E-state index contributed by atoms with van der Waals surface area (Å²) in [5.74, 6) is 0. The molecule has 0 atom stereocenters. The third-order valence-corrected chi connectivity index (χ3v) is 1.77. The average molecular weight is 193 g/mol. The van der Waals surface area contributed by atoms with Crippen LogP contribution in [0.4, 0.5) is 10.5 Å². The molecule has 0 unspecified atom stereocenters. The molecule has 0 heterocycles. The van der Waals surface area contributed by atoms with Crippen molar-refractivity contribution in [1.82, 2.24) is 5.32 Å². The third-order valence-electron chi connectivity index (χ3n) is 1.77. The van der Waals surface area contributed by atoms with Crippen molar-refractivity contribution in [3.05, 3.63) is 29.8 Å². The standard InChI is InChI=1S/C10H15N3O/c1-2-12-7-8-4-3-5-9(6-8)13-10(11)14/h3-6,12H,2,7H2,1H3,(H3,11,13,14). The van der Waals surface area contributed by atoms with Crippen molar-refractivity contribution in [2.75, 3.05) is 11.9 Å². The zero-order valence-corrected chi connectivity index (χ0v) is 8.21. The van der Waals surface area contributed by atoms with Gasteiger partial charge in [-0.05, 0) is 24.2 Å². The lowest BCUT2D eigenvalue weighted by Crippen LogP contribution is -2.19. The first-order valence-corrected chi connectivity index (χ1v) is 4.58. The molecule has 0 aliphatic carbocycles. The maximum Gasteiger partial charge on any atom is 0.316 e. The summed E-state index contributed by atoms with van der Waals surface area (Å²) in [5.41, 5.74) is 6.86. The fourth-order valence-electron chi connectivity index (χ4n) is 1.17. The number of hydrogen-bond donors (Lipinski definition) is 3. The Morgan fingerprint density at radius 2 is 2.29 bits per heavy atom. The molecule has 0 radical (unpaired) electrons. The highest BCUT2D eigenvalue weighted by Crippen LogP contribution is 2.09. The number of carbonyl (C=O) groups excluding carboxylic acids is 1. The van der Waals surface area contributed by atoms with Crippen LogP contribution in [0, 0.1) is 0 Å². The van der Waals surface area contributed by atoms with Gasteiger partial charge in [-0.15, -0.1) is 0 Å². The Kier molecular flexibility index (Phi) is 3.94. The Morgan fingerprint density at radius 3 is 2.93 bits per heavy atom. The Morgan fingerprint density at radius 1 is 1.50 bits per heavy atom. The molecular formula is C10H15N3O. The predicted octanol–water partition coefficient (Wildman–Crippen LogP) is 1.29. The molecule has 4 N–H and O–H groups in total. The largest absolute Gasteiger partial charge is 0.351 e. The van der Waals surface area contributed by atoms with E-state index in [-0.39, 0.29) is 0 Å². The van der Waals surface area contributed by atoms with Gasteiger partial charge < -0.3 is 16.4 Å². The number of hydrogen-bond acceptors (Lipinski definition) is 2. The summed E-state index contributed by atoms with van der Waals surface area (Å²) in [7, 11) is 0. The Balaban J connectivity index is 2.63. The van der Waals surface area contributed by atoms with Crippen LogP contribution in [0.1, 0.15) is 12.5 Å². The van der Waals surface area contributed by atoms with Gasteiger partial charge in [0.15, 0.2) is 0 Å². The summed E-state index contributed by atoms with van der Waals surface area (Å²) < 4.78 is 0. The molecule has 2 amide bonds. The molecule has 1 aromatic rings. The zero-order valence-electron chi connectivity index (χ0n) is 8.21. The molecule has 1 aromatic carbocycles. The lowest BCUT2D eigenvalue weighted by Gasteiger charge is -2.05. The highest BCUT2D eigenvalue weighted by Gasteiger charge is 1.97. The Bertz CT molecular complexity index is 312. The number of rotatable bonds is 4. The van der Waals surface area contributed by atoms with E-state index in [9.17, 15) is 4.79 Å². The second kappa shape index (κ2) is 5.24. The van der Waals surface area contributed by atoms with E-state index >= 15 is 0 Å². The van der Waals surface area contributed by atoms with Crippen LogP contribution in [0.25, 0.3) is 0 Å². The van der Waals surface area contributed by atoms with Gasteiger partial charge in [0, 0.05) is 12.2 Å². The molecule has 0 spiro atoms. The number of primary amides is 1. The van der Waals surface area contributed by atoms with Crippen LogP contribution in [0.15, 0.2) is 24.3 Å². The minimum atomic E-state index is -0.536. The number of nitrogens with one attached hydrogen (secondary N) is 2. The summed E-state index contributed by atoms with van der Waals surface area (Å²) in [6.07, 6.45) is 0. The molecule has 0 aliphatic rings. The van der Waals surface area contributed by atoms with E-state index in [2.05, 4.69) is 10.6 Å². The molecule has 0 saturated carbocycles. The van der Waals surface area contributed by atoms with E-state index in [1.165, 1.54) is 0 Å². The third kappa shape index (κ3) is 3.45. The van der Waals surface area contributed by atoms with Gasteiger partial charge in [0.25, 0.3) is 0 Å². The smallest absolute Gasteiger partial charge is 0.316 e. The minimum absolute atomic E-state index is 0.536. The lowest BCUT2D eigenvalue weighted by molar-refractivity contribution is 0.259. The topological polar surface area (TPSA) is 67.2 Å². The highest BCUT2D eigenvalue weighted by atomic mass is 16.2. The maximum atomic E-state index is 10.6. The zero-order chi connectivity index (χ0) is 10.4. The molecule has 1 rings (SSSR count). The van der Waals surface area contributed by atoms with E-state index in [0.717, 1.165) is 24.3 Å². The van der Waals surface area contributed by atoms with Gasteiger partial charge in [-0.25, -0.2) is 4.79 Å². The molecule has 4 heteroatoms. The number of amides is 2. The molecule has 0 aliphatic heterocycles. The maximum absolute atomic E-state index is 10.6. The normalized spacial score (nSPS) is 9.79. The van der Waals surface area contributed by atoms with Crippen LogP contribution >= 0.6 is 0 Å². The van der Waals surface area contributed by atoms with E-state index < -0.39 is 6.03 Å².